The molecule has 0 saturated carbocycles. The molecular formula is C9H9FN2O. The summed E-state index contributed by atoms with van der Waals surface area (Å²) >= 11 is 0. The van der Waals surface area contributed by atoms with E-state index >= 15 is 0 Å². The fourth-order valence-corrected chi connectivity index (χ4v) is 0.877. The first-order valence-electron chi connectivity index (χ1n) is 3.81. The van der Waals surface area contributed by atoms with Gasteiger partial charge >= 0.3 is 0 Å². The van der Waals surface area contributed by atoms with Gasteiger partial charge in [-0.1, -0.05) is 6.07 Å². The van der Waals surface area contributed by atoms with E-state index in [1.807, 2.05) is 0 Å². The highest BCUT2D eigenvalue weighted by Gasteiger charge is 2.07. The summed E-state index contributed by atoms with van der Waals surface area (Å²) in [6.45, 7) is 0.558. The first-order valence-corrected chi connectivity index (χ1v) is 3.81. The van der Waals surface area contributed by atoms with E-state index in [0.29, 0.717) is 6.54 Å². The SMILES string of the molecule is N#Cc1cccc(OCCN)c1F. The van der Waals surface area contributed by atoms with Crippen molar-refractivity contribution in [3.8, 4) is 11.8 Å². The minimum absolute atomic E-state index is 0.0190. The predicted octanol–water partition coefficient (Wildman–Crippen LogP) is 1.03. The molecule has 0 aromatic heterocycles. The van der Waals surface area contributed by atoms with Crippen LogP contribution in [0.3, 0.4) is 0 Å². The van der Waals surface area contributed by atoms with Gasteiger partial charge < -0.3 is 10.5 Å². The van der Waals surface area contributed by atoms with Crippen LogP contribution in [-0.2, 0) is 0 Å². The monoisotopic (exact) mass is 180 g/mol. The predicted molar refractivity (Wildman–Crippen MR) is 45.7 cm³/mol. The van der Waals surface area contributed by atoms with Gasteiger partial charge in [-0.05, 0) is 12.1 Å². The number of nitrogens with zero attached hydrogens (tertiary/aromatic N) is 1. The lowest BCUT2D eigenvalue weighted by molar-refractivity contribution is 0.311. The molecule has 1 aromatic rings. The maximum atomic E-state index is 13.2. The Kier molecular flexibility index (Phi) is 3.23. The van der Waals surface area contributed by atoms with Crippen LogP contribution in [0.1, 0.15) is 5.56 Å². The molecule has 1 rings (SSSR count). The summed E-state index contributed by atoms with van der Waals surface area (Å²) in [5.74, 6) is -0.553. The minimum Gasteiger partial charge on any atom is -0.489 e. The lowest BCUT2D eigenvalue weighted by Crippen LogP contribution is -2.11. The molecule has 0 amide bonds. The van der Waals surface area contributed by atoms with Gasteiger partial charge in [0.15, 0.2) is 11.6 Å². The van der Waals surface area contributed by atoms with Crippen LogP contribution in [0.2, 0.25) is 0 Å². The molecule has 0 unspecified atom stereocenters. The quantitative estimate of drug-likeness (QED) is 0.755. The molecule has 0 aliphatic rings. The van der Waals surface area contributed by atoms with Crippen molar-refractivity contribution in [3.63, 3.8) is 0 Å². The van der Waals surface area contributed by atoms with Crippen LogP contribution in [0.4, 0.5) is 4.39 Å². The van der Waals surface area contributed by atoms with Crippen molar-refractivity contribution in [1.82, 2.24) is 0 Å². The number of hydrogen-bond acceptors (Lipinski definition) is 3. The molecule has 0 fully saturated rings. The third kappa shape index (κ3) is 2.17. The van der Waals surface area contributed by atoms with Crippen molar-refractivity contribution in [1.29, 1.82) is 5.26 Å². The first-order chi connectivity index (χ1) is 6.29. The van der Waals surface area contributed by atoms with E-state index in [1.165, 1.54) is 12.1 Å². The van der Waals surface area contributed by atoms with Crippen molar-refractivity contribution >= 4 is 0 Å². The highest BCUT2D eigenvalue weighted by molar-refractivity contribution is 5.38. The van der Waals surface area contributed by atoms with Gasteiger partial charge in [-0.15, -0.1) is 0 Å². The number of nitriles is 1. The number of ether oxygens (including phenoxy) is 1. The zero-order valence-corrected chi connectivity index (χ0v) is 6.96. The van der Waals surface area contributed by atoms with Crippen molar-refractivity contribution in [2.24, 2.45) is 5.73 Å². The average molecular weight is 180 g/mol. The van der Waals surface area contributed by atoms with E-state index in [2.05, 4.69) is 0 Å². The van der Waals surface area contributed by atoms with Gasteiger partial charge in [-0.25, -0.2) is 4.39 Å². The summed E-state index contributed by atoms with van der Waals surface area (Å²) in [7, 11) is 0. The summed E-state index contributed by atoms with van der Waals surface area (Å²) in [6, 6.07) is 6.15. The molecule has 0 aliphatic heterocycles. The Balaban J connectivity index is 2.90. The van der Waals surface area contributed by atoms with Crippen molar-refractivity contribution in [2.45, 2.75) is 0 Å². The van der Waals surface area contributed by atoms with E-state index < -0.39 is 5.82 Å². The summed E-state index contributed by atoms with van der Waals surface area (Å²) < 4.78 is 18.2. The largest absolute Gasteiger partial charge is 0.489 e. The molecule has 1 aromatic carbocycles. The van der Waals surface area contributed by atoms with Crippen LogP contribution in [-0.4, -0.2) is 13.2 Å². The van der Waals surface area contributed by atoms with Gasteiger partial charge in [0.2, 0.25) is 0 Å². The van der Waals surface area contributed by atoms with Crippen molar-refractivity contribution in [3.05, 3.63) is 29.6 Å². The Hall–Kier alpha value is -1.60. The molecule has 0 atom stereocenters. The van der Waals surface area contributed by atoms with Crippen LogP contribution in [0.25, 0.3) is 0 Å². The Morgan fingerprint density at radius 1 is 1.54 bits per heavy atom. The van der Waals surface area contributed by atoms with Gasteiger partial charge in [0, 0.05) is 6.54 Å². The highest BCUT2D eigenvalue weighted by atomic mass is 19.1. The summed E-state index contributed by atoms with van der Waals surface area (Å²) in [6.07, 6.45) is 0. The topological polar surface area (TPSA) is 59.0 Å². The molecule has 0 radical (unpaired) electrons. The number of rotatable bonds is 3. The van der Waals surface area contributed by atoms with Crippen LogP contribution in [0.5, 0.6) is 5.75 Å². The molecule has 0 aliphatic carbocycles. The van der Waals surface area contributed by atoms with E-state index in [4.69, 9.17) is 15.7 Å². The number of nitrogens with two attached hydrogens (primary N) is 1. The maximum absolute atomic E-state index is 13.2. The molecule has 2 N–H and O–H groups in total. The first kappa shape index (κ1) is 9.49. The van der Waals surface area contributed by atoms with Gasteiger partial charge in [0.05, 0.1) is 5.56 Å². The fourth-order valence-electron chi connectivity index (χ4n) is 0.877. The Morgan fingerprint density at radius 2 is 2.31 bits per heavy atom. The fraction of sp³-hybridized carbons (Fsp3) is 0.222. The van der Waals surface area contributed by atoms with Gasteiger partial charge in [0.1, 0.15) is 12.7 Å². The van der Waals surface area contributed by atoms with Gasteiger partial charge in [0.25, 0.3) is 0 Å². The molecule has 0 saturated heterocycles. The van der Waals surface area contributed by atoms with Crippen LogP contribution >= 0.6 is 0 Å². The third-order valence-corrected chi connectivity index (χ3v) is 1.46. The lowest BCUT2D eigenvalue weighted by atomic mass is 10.2. The molecular weight excluding hydrogens is 171 g/mol. The van der Waals surface area contributed by atoms with E-state index in [9.17, 15) is 4.39 Å². The molecule has 0 spiro atoms. The normalized spacial score (nSPS) is 9.31. The zero-order valence-electron chi connectivity index (χ0n) is 6.96. The highest BCUT2D eigenvalue weighted by Crippen LogP contribution is 2.19. The molecule has 0 heterocycles. The Bertz CT molecular complexity index is 333. The van der Waals surface area contributed by atoms with Crippen LogP contribution in [0.15, 0.2) is 18.2 Å². The van der Waals surface area contributed by atoms with E-state index in [0.717, 1.165) is 0 Å². The number of hydrogen-bond donors (Lipinski definition) is 1. The van der Waals surface area contributed by atoms with Crippen LogP contribution < -0.4 is 10.5 Å². The number of halogens is 1. The Morgan fingerprint density at radius 3 is 2.92 bits per heavy atom. The maximum Gasteiger partial charge on any atom is 0.182 e. The molecule has 3 nitrogen and oxygen atoms in total. The molecule has 4 heteroatoms. The summed E-state index contributed by atoms with van der Waals surface area (Å²) in [5.41, 5.74) is 5.17. The summed E-state index contributed by atoms with van der Waals surface area (Å²) in [5, 5.41) is 8.50. The Labute approximate surface area is 75.5 Å². The minimum atomic E-state index is -0.626. The van der Waals surface area contributed by atoms with E-state index in [-0.39, 0.29) is 17.9 Å². The lowest BCUT2D eigenvalue weighted by Gasteiger charge is -2.05. The van der Waals surface area contributed by atoms with Gasteiger partial charge in [-0.3, -0.25) is 0 Å². The molecule has 68 valence electrons. The van der Waals surface area contributed by atoms with Crippen molar-refractivity contribution < 1.29 is 9.13 Å². The van der Waals surface area contributed by atoms with E-state index in [1.54, 1.807) is 12.1 Å². The summed E-state index contributed by atoms with van der Waals surface area (Å²) in [4.78, 5) is 0. The molecule has 13 heavy (non-hydrogen) atoms. The molecule has 0 bridgehead atoms. The van der Waals surface area contributed by atoms with Crippen molar-refractivity contribution in [2.75, 3.05) is 13.2 Å². The second kappa shape index (κ2) is 4.43. The second-order valence-corrected chi connectivity index (χ2v) is 2.37. The smallest absolute Gasteiger partial charge is 0.182 e. The zero-order chi connectivity index (χ0) is 9.68. The standard InChI is InChI=1S/C9H9FN2O/c10-9-7(6-12)2-1-3-8(9)13-5-4-11/h1-3H,4-5,11H2. The average Bonchev–Trinajstić information content (AvgIpc) is 2.16. The third-order valence-electron chi connectivity index (χ3n) is 1.46. The second-order valence-electron chi connectivity index (χ2n) is 2.37. The van der Waals surface area contributed by atoms with Crippen LogP contribution in [0, 0.1) is 17.1 Å². The van der Waals surface area contributed by atoms with Gasteiger partial charge in [-0.2, -0.15) is 5.26 Å². The number of benzene rings is 1.